The Kier molecular flexibility index (Phi) is 6.37. The van der Waals surface area contributed by atoms with Crippen LogP contribution in [0.15, 0.2) is 47.4 Å². The van der Waals surface area contributed by atoms with E-state index in [4.69, 9.17) is 11.6 Å². The van der Waals surface area contributed by atoms with E-state index in [0.717, 1.165) is 24.8 Å². The van der Waals surface area contributed by atoms with E-state index in [1.165, 1.54) is 34.6 Å². The van der Waals surface area contributed by atoms with Crippen LogP contribution >= 0.6 is 11.6 Å². The summed E-state index contributed by atoms with van der Waals surface area (Å²) in [5.74, 6) is -0.781. The van der Waals surface area contributed by atoms with E-state index in [1.54, 1.807) is 19.1 Å². The maximum Gasteiger partial charge on any atom is 0.251 e. The first-order chi connectivity index (χ1) is 13.3. The van der Waals surface area contributed by atoms with Crippen LogP contribution in [0.3, 0.4) is 0 Å². The predicted molar refractivity (Wildman–Crippen MR) is 106 cm³/mol. The molecule has 1 saturated heterocycles. The van der Waals surface area contributed by atoms with Gasteiger partial charge in [-0.05, 0) is 55.7 Å². The van der Waals surface area contributed by atoms with Crippen molar-refractivity contribution in [3.63, 3.8) is 0 Å². The topological polar surface area (TPSA) is 66.5 Å². The average molecular weight is 425 g/mol. The Labute approximate surface area is 169 Å². The van der Waals surface area contributed by atoms with Gasteiger partial charge in [0.1, 0.15) is 10.7 Å². The van der Waals surface area contributed by atoms with Gasteiger partial charge in [0.05, 0.1) is 11.1 Å². The molecule has 1 N–H and O–H groups in total. The first-order valence-corrected chi connectivity index (χ1v) is 11.0. The van der Waals surface area contributed by atoms with Crippen LogP contribution in [0.5, 0.6) is 0 Å². The average Bonchev–Trinajstić information content (AvgIpc) is 2.69. The minimum absolute atomic E-state index is 0.0573. The van der Waals surface area contributed by atoms with Crippen molar-refractivity contribution in [1.82, 2.24) is 9.62 Å². The summed E-state index contributed by atoms with van der Waals surface area (Å²) in [6.45, 7) is 2.68. The number of carbonyl (C=O) groups excluding carboxylic acids is 1. The summed E-state index contributed by atoms with van der Waals surface area (Å²) in [6.07, 6.45) is 2.63. The molecule has 0 unspecified atom stereocenters. The number of piperidine rings is 1. The summed E-state index contributed by atoms with van der Waals surface area (Å²) in [4.78, 5) is 12.6. The fraction of sp³-hybridized carbons (Fsp3) is 0.350. The van der Waals surface area contributed by atoms with Gasteiger partial charge >= 0.3 is 0 Å². The summed E-state index contributed by atoms with van der Waals surface area (Å²) in [7, 11) is -3.75. The van der Waals surface area contributed by atoms with Crippen LogP contribution in [0.2, 0.25) is 5.02 Å². The summed E-state index contributed by atoms with van der Waals surface area (Å²) >= 11 is 6.15. The van der Waals surface area contributed by atoms with Crippen molar-refractivity contribution in [1.29, 1.82) is 0 Å². The van der Waals surface area contributed by atoms with E-state index in [0.29, 0.717) is 13.1 Å². The molecule has 3 rings (SSSR count). The number of nitrogens with zero attached hydrogens (tertiary/aromatic N) is 1. The maximum absolute atomic E-state index is 13.1. The van der Waals surface area contributed by atoms with Gasteiger partial charge in [-0.1, -0.05) is 30.2 Å². The summed E-state index contributed by atoms with van der Waals surface area (Å²) in [5, 5.41) is 2.89. The molecule has 1 fully saturated rings. The highest BCUT2D eigenvalue weighted by molar-refractivity contribution is 7.89. The van der Waals surface area contributed by atoms with Crippen molar-refractivity contribution in [2.75, 3.05) is 13.1 Å². The molecule has 2 aromatic carbocycles. The Hall–Kier alpha value is -1.96. The normalized spacial score (nSPS) is 16.5. The largest absolute Gasteiger partial charge is 0.346 e. The number of nitrogens with one attached hydrogen (secondary N) is 1. The first-order valence-electron chi connectivity index (χ1n) is 9.15. The zero-order chi connectivity index (χ0) is 20.3. The minimum Gasteiger partial charge on any atom is -0.346 e. The third-order valence-corrected chi connectivity index (χ3v) is 7.22. The SMILES string of the molecule is C[C@@H](NC(=O)c1ccc(Cl)c(S(=O)(=O)N2CCCCC2)c1)c1ccc(F)cc1. The molecular weight excluding hydrogens is 403 g/mol. The lowest BCUT2D eigenvalue weighted by Gasteiger charge is -2.26. The second-order valence-corrected chi connectivity index (χ2v) is 9.17. The summed E-state index contributed by atoms with van der Waals surface area (Å²) in [6, 6.07) is 9.70. The van der Waals surface area contributed by atoms with Gasteiger partial charge in [0.15, 0.2) is 0 Å². The molecule has 1 atom stereocenters. The molecule has 0 saturated carbocycles. The molecule has 2 aromatic rings. The van der Waals surface area contributed by atoms with Gasteiger partial charge in [-0.25, -0.2) is 12.8 Å². The molecule has 150 valence electrons. The second kappa shape index (κ2) is 8.59. The Bertz CT molecular complexity index is 958. The monoisotopic (exact) mass is 424 g/mol. The molecule has 1 amide bonds. The molecule has 1 heterocycles. The van der Waals surface area contributed by atoms with Crippen molar-refractivity contribution in [3.05, 3.63) is 64.4 Å². The van der Waals surface area contributed by atoms with Crippen LogP contribution in [-0.4, -0.2) is 31.7 Å². The van der Waals surface area contributed by atoms with Crippen molar-refractivity contribution < 1.29 is 17.6 Å². The van der Waals surface area contributed by atoms with Crippen molar-refractivity contribution >= 4 is 27.5 Å². The van der Waals surface area contributed by atoms with Crippen molar-refractivity contribution in [2.24, 2.45) is 0 Å². The van der Waals surface area contributed by atoms with Crippen LogP contribution in [0.1, 0.15) is 48.1 Å². The van der Waals surface area contributed by atoms with E-state index in [2.05, 4.69) is 5.32 Å². The number of benzene rings is 2. The Morgan fingerprint density at radius 3 is 2.39 bits per heavy atom. The number of sulfonamides is 1. The molecule has 1 aliphatic rings. The molecule has 1 aliphatic heterocycles. The van der Waals surface area contributed by atoms with E-state index < -0.39 is 15.9 Å². The van der Waals surface area contributed by atoms with E-state index in [-0.39, 0.29) is 27.3 Å². The molecule has 0 aromatic heterocycles. The number of hydrogen-bond acceptors (Lipinski definition) is 3. The van der Waals surface area contributed by atoms with Crippen LogP contribution in [0, 0.1) is 5.82 Å². The van der Waals surface area contributed by atoms with E-state index in [1.807, 2.05) is 0 Å². The van der Waals surface area contributed by atoms with Gasteiger partial charge < -0.3 is 5.32 Å². The number of amides is 1. The molecule has 0 aliphatic carbocycles. The van der Waals surface area contributed by atoms with Crippen molar-refractivity contribution in [2.45, 2.75) is 37.1 Å². The fourth-order valence-corrected chi connectivity index (χ4v) is 5.22. The van der Waals surface area contributed by atoms with Gasteiger partial charge in [0, 0.05) is 18.7 Å². The third-order valence-electron chi connectivity index (χ3n) is 4.84. The first kappa shape index (κ1) is 20.8. The Morgan fingerprint density at radius 1 is 1.11 bits per heavy atom. The predicted octanol–water partition coefficient (Wildman–Crippen LogP) is 4.14. The molecular formula is C20H22ClFN2O3S. The highest BCUT2D eigenvalue weighted by Gasteiger charge is 2.29. The van der Waals surface area contributed by atoms with E-state index in [9.17, 15) is 17.6 Å². The number of hydrogen-bond donors (Lipinski definition) is 1. The Balaban J connectivity index is 1.82. The maximum atomic E-state index is 13.1. The fourth-order valence-electron chi connectivity index (χ4n) is 3.20. The summed E-state index contributed by atoms with van der Waals surface area (Å²) < 4.78 is 40.3. The smallest absolute Gasteiger partial charge is 0.251 e. The molecule has 0 bridgehead atoms. The third kappa shape index (κ3) is 4.54. The van der Waals surface area contributed by atoms with Gasteiger partial charge in [-0.15, -0.1) is 0 Å². The zero-order valence-corrected chi connectivity index (χ0v) is 17.1. The van der Waals surface area contributed by atoms with Crippen LogP contribution in [0.4, 0.5) is 4.39 Å². The molecule has 8 heteroatoms. The lowest BCUT2D eigenvalue weighted by Crippen LogP contribution is -2.36. The zero-order valence-electron chi connectivity index (χ0n) is 15.5. The number of halogens is 2. The lowest BCUT2D eigenvalue weighted by molar-refractivity contribution is 0.0939. The van der Waals surface area contributed by atoms with Crippen LogP contribution in [0.25, 0.3) is 0 Å². The summed E-state index contributed by atoms with van der Waals surface area (Å²) in [5.41, 5.74) is 0.943. The Morgan fingerprint density at radius 2 is 1.75 bits per heavy atom. The van der Waals surface area contributed by atoms with Crippen LogP contribution < -0.4 is 5.32 Å². The van der Waals surface area contributed by atoms with Gasteiger partial charge in [-0.3, -0.25) is 4.79 Å². The van der Waals surface area contributed by atoms with Gasteiger partial charge in [0.25, 0.3) is 5.91 Å². The number of rotatable bonds is 5. The lowest BCUT2D eigenvalue weighted by atomic mass is 10.1. The molecule has 5 nitrogen and oxygen atoms in total. The van der Waals surface area contributed by atoms with Crippen molar-refractivity contribution in [3.8, 4) is 0 Å². The minimum atomic E-state index is -3.75. The highest BCUT2D eigenvalue weighted by Crippen LogP contribution is 2.28. The number of carbonyl (C=O) groups is 1. The second-order valence-electron chi connectivity index (χ2n) is 6.86. The van der Waals surface area contributed by atoms with E-state index >= 15 is 0 Å². The van der Waals surface area contributed by atoms with Crippen LogP contribution in [-0.2, 0) is 10.0 Å². The molecule has 0 spiro atoms. The van der Waals surface area contributed by atoms with Gasteiger partial charge in [-0.2, -0.15) is 4.31 Å². The highest BCUT2D eigenvalue weighted by atomic mass is 35.5. The van der Waals surface area contributed by atoms with Gasteiger partial charge in [0.2, 0.25) is 10.0 Å². The standard InChI is InChI=1S/C20H22ClFN2O3S/c1-14(15-5-8-17(22)9-6-15)23-20(25)16-7-10-18(21)19(13-16)28(26,27)24-11-3-2-4-12-24/h5-10,13-14H,2-4,11-12H2,1H3,(H,23,25)/t14-/m1/s1. The quantitative estimate of drug-likeness (QED) is 0.784. The molecule has 28 heavy (non-hydrogen) atoms. The molecule has 0 radical (unpaired) electrons.